The average Bonchev–Trinajstić information content (AvgIpc) is 2.92. The molecule has 5 nitrogen and oxygen atoms in total. The second kappa shape index (κ2) is 5.44. The van der Waals surface area contributed by atoms with E-state index in [0.717, 1.165) is 10.7 Å². The molecule has 0 N–H and O–H groups in total. The van der Waals surface area contributed by atoms with E-state index in [1.807, 2.05) is 23.1 Å². The predicted molar refractivity (Wildman–Crippen MR) is 77.8 cm³/mol. The van der Waals surface area contributed by atoms with Crippen LogP contribution in [0.4, 0.5) is 0 Å². The quantitative estimate of drug-likeness (QED) is 0.846. The van der Waals surface area contributed by atoms with E-state index < -0.39 is 10.0 Å². The fourth-order valence-corrected chi connectivity index (χ4v) is 3.07. The van der Waals surface area contributed by atoms with Crippen molar-refractivity contribution in [1.29, 1.82) is 0 Å². The summed E-state index contributed by atoms with van der Waals surface area (Å²) in [6.45, 7) is 3.08. The molecule has 0 aliphatic heterocycles. The summed E-state index contributed by atoms with van der Waals surface area (Å²) in [5.74, 6) is 0.898. The van der Waals surface area contributed by atoms with Gasteiger partial charge in [-0.3, -0.25) is 0 Å². The molecule has 19 heavy (non-hydrogen) atoms. The van der Waals surface area contributed by atoms with Gasteiger partial charge in [0.1, 0.15) is 5.82 Å². The fraction of sp³-hybridized carbons (Fsp3) is 0.417. The van der Waals surface area contributed by atoms with Crippen LogP contribution in [-0.2, 0) is 16.6 Å². The summed E-state index contributed by atoms with van der Waals surface area (Å²) in [7, 11) is -1.54. The maximum absolute atomic E-state index is 11.4. The number of aromatic nitrogens is 2. The van der Waals surface area contributed by atoms with Gasteiger partial charge in [0.2, 0.25) is 10.0 Å². The summed E-state index contributed by atoms with van der Waals surface area (Å²) in [6, 6.07) is 2.06. The minimum Gasteiger partial charge on any atom is -0.329 e. The summed E-state index contributed by atoms with van der Waals surface area (Å²) >= 11 is 1.65. The molecule has 0 saturated carbocycles. The van der Waals surface area contributed by atoms with Crippen molar-refractivity contribution in [2.24, 2.45) is 0 Å². The Hall–Kier alpha value is -1.18. The number of hydrogen-bond acceptors (Lipinski definition) is 4. The van der Waals surface area contributed by atoms with Crippen LogP contribution in [0.3, 0.4) is 0 Å². The van der Waals surface area contributed by atoms with Gasteiger partial charge in [-0.2, -0.15) is 0 Å². The van der Waals surface area contributed by atoms with Crippen LogP contribution in [0.15, 0.2) is 23.8 Å². The number of imidazole rings is 1. The molecule has 2 heterocycles. The van der Waals surface area contributed by atoms with Crippen LogP contribution in [0.25, 0.3) is 10.7 Å². The lowest BCUT2D eigenvalue weighted by Gasteiger charge is -2.15. The number of likely N-dealkylation sites (N-methyl/N-ethyl adjacent to an activating group) is 1. The zero-order chi connectivity index (χ0) is 14.0. The average molecular weight is 299 g/mol. The largest absolute Gasteiger partial charge is 0.329 e. The third-order valence-corrected chi connectivity index (χ3v) is 5.33. The lowest BCUT2D eigenvalue weighted by Crippen LogP contribution is -2.29. The normalized spacial score (nSPS) is 12.2. The maximum atomic E-state index is 11.4. The summed E-state index contributed by atoms with van der Waals surface area (Å²) < 4.78 is 26.1. The Balaban J connectivity index is 2.16. The van der Waals surface area contributed by atoms with Gasteiger partial charge in [-0.1, -0.05) is 0 Å². The van der Waals surface area contributed by atoms with Crippen LogP contribution >= 0.6 is 11.3 Å². The van der Waals surface area contributed by atoms with Crippen molar-refractivity contribution >= 4 is 21.4 Å². The van der Waals surface area contributed by atoms with Gasteiger partial charge in [-0.25, -0.2) is 17.7 Å². The monoisotopic (exact) mass is 299 g/mol. The number of rotatable bonds is 5. The molecular weight excluding hydrogens is 282 g/mol. The molecule has 0 unspecified atom stereocenters. The molecule has 2 rings (SSSR count). The molecule has 0 aliphatic carbocycles. The summed E-state index contributed by atoms with van der Waals surface area (Å²) in [5.41, 5.74) is 1.19. The fourth-order valence-electron chi connectivity index (χ4n) is 1.71. The molecule has 0 spiro atoms. The van der Waals surface area contributed by atoms with Crippen molar-refractivity contribution in [3.05, 3.63) is 29.4 Å². The van der Waals surface area contributed by atoms with Gasteiger partial charge >= 0.3 is 0 Å². The molecule has 0 aliphatic rings. The van der Waals surface area contributed by atoms with E-state index in [2.05, 4.69) is 11.1 Å². The lowest BCUT2D eigenvalue weighted by molar-refractivity contribution is 0.451. The first-order valence-electron chi connectivity index (χ1n) is 5.86. The predicted octanol–water partition coefficient (Wildman–Crippen LogP) is 1.81. The topological polar surface area (TPSA) is 55.2 Å². The number of sulfonamides is 1. The van der Waals surface area contributed by atoms with Crippen molar-refractivity contribution in [2.45, 2.75) is 13.5 Å². The van der Waals surface area contributed by atoms with Crippen LogP contribution in [0.5, 0.6) is 0 Å². The summed E-state index contributed by atoms with van der Waals surface area (Å²) in [6.07, 6.45) is 4.84. The molecule has 104 valence electrons. The standard InChI is InChI=1S/C12H17N3O2S2/c1-10-4-9-18-11(10)12-13-5-6-15(12)8-7-14(2)19(3,16)17/h4-6,9H,7-8H2,1-3H3. The molecule has 2 aromatic rings. The first-order valence-corrected chi connectivity index (χ1v) is 8.59. The van der Waals surface area contributed by atoms with Crippen molar-refractivity contribution in [2.75, 3.05) is 19.8 Å². The highest BCUT2D eigenvalue weighted by Gasteiger charge is 2.13. The zero-order valence-electron chi connectivity index (χ0n) is 11.2. The van der Waals surface area contributed by atoms with Gasteiger partial charge in [-0.15, -0.1) is 11.3 Å². The molecular formula is C12H17N3O2S2. The van der Waals surface area contributed by atoms with Crippen molar-refractivity contribution < 1.29 is 8.42 Å². The minimum absolute atomic E-state index is 0.437. The third-order valence-electron chi connectivity index (χ3n) is 3.00. The minimum atomic E-state index is -3.13. The second-order valence-electron chi connectivity index (χ2n) is 4.46. The van der Waals surface area contributed by atoms with Crippen LogP contribution < -0.4 is 0 Å². The molecule has 2 aromatic heterocycles. The zero-order valence-corrected chi connectivity index (χ0v) is 12.8. The first-order chi connectivity index (χ1) is 8.89. The van der Waals surface area contributed by atoms with Crippen molar-refractivity contribution in [3.8, 4) is 10.7 Å². The van der Waals surface area contributed by atoms with Gasteiger partial charge in [0, 0.05) is 32.5 Å². The van der Waals surface area contributed by atoms with Gasteiger partial charge < -0.3 is 4.57 Å². The maximum Gasteiger partial charge on any atom is 0.211 e. The van der Waals surface area contributed by atoms with E-state index in [4.69, 9.17) is 0 Å². The van der Waals surface area contributed by atoms with Gasteiger partial charge in [0.25, 0.3) is 0 Å². The Bertz CT molecular complexity index is 658. The van der Waals surface area contributed by atoms with E-state index in [9.17, 15) is 8.42 Å². The Morgan fingerprint density at radius 1 is 1.47 bits per heavy atom. The van der Waals surface area contributed by atoms with Crippen molar-refractivity contribution in [1.82, 2.24) is 13.9 Å². The first kappa shape index (κ1) is 14.2. The second-order valence-corrected chi connectivity index (χ2v) is 7.47. The van der Waals surface area contributed by atoms with Gasteiger partial charge in [0.05, 0.1) is 11.1 Å². The molecule has 0 radical (unpaired) electrons. The van der Waals surface area contributed by atoms with E-state index in [1.165, 1.54) is 16.1 Å². The molecule has 7 heteroatoms. The Kier molecular flexibility index (Phi) is 4.07. The highest BCUT2D eigenvalue weighted by molar-refractivity contribution is 7.88. The van der Waals surface area contributed by atoms with Crippen LogP contribution in [-0.4, -0.2) is 42.1 Å². The Labute approximate surface area is 117 Å². The number of aryl methyl sites for hydroxylation is 1. The van der Waals surface area contributed by atoms with Crippen LogP contribution in [0.2, 0.25) is 0 Å². The van der Waals surface area contributed by atoms with Gasteiger partial charge in [-0.05, 0) is 23.9 Å². The smallest absolute Gasteiger partial charge is 0.211 e. The van der Waals surface area contributed by atoms with Crippen LogP contribution in [0, 0.1) is 6.92 Å². The summed E-state index contributed by atoms with van der Waals surface area (Å²) in [4.78, 5) is 5.50. The van der Waals surface area contributed by atoms with Crippen molar-refractivity contribution in [3.63, 3.8) is 0 Å². The van der Waals surface area contributed by atoms with E-state index in [0.29, 0.717) is 13.1 Å². The highest BCUT2D eigenvalue weighted by Crippen LogP contribution is 2.27. The third kappa shape index (κ3) is 3.23. The summed E-state index contributed by atoms with van der Waals surface area (Å²) in [5, 5.41) is 2.03. The molecule has 0 amide bonds. The van der Waals surface area contributed by atoms with E-state index in [1.54, 1.807) is 24.6 Å². The SMILES string of the molecule is Cc1ccsc1-c1nccn1CCN(C)S(C)(=O)=O. The van der Waals surface area contributed by atoms with E-state index in [-0.39, 0.29) is 0 Å². The molecule has 0 bridgehead atoms. The number of nitrogens with zero attached hydrogens (tertiary/aromatic N) is 3. The number of hydrogen-bond donors (Lipinski definition) is 0. The molecule has 0 aromatic carbocycles. The number of thiophene rings is 1. The van der Waals surface area contributed by atoms with Gasteiger partial charge in [0.15, 0.2) is 0 Å². The molecule has 0 atom stereocenters. The molecule has 0 fully saturated rings. The molecule has 0 saturated heterocycles. The Morgan fingerprint density at radius 3 is 2.79 bits per heavy atom. The van der Waals surface area contributed by atoms with Crippen LogP contribution in [0.1, 0.15) is 5.56 Å². The lowest BCUT2D eigenvalue weighted by atomic mass is 10.3. The Morgan fingerprint density at radius 2 is 2.21 bits per heavy atom. The van der Waals surface area contributed by atoms with E-state index >= 15 is 0 Å². The highest BCUT2D eigenvalue weighted by atomic mass is 32.2.